The molecule has 1 aliphatic carbocycles. The Labute approximate surface area is 180 Å². The number of fused-ring (bicyclic) bond motifs is 1. The monoisotopic (exact) mass is 432 g/mol. The summed E-state index contributed by atoms with van der Waals surface area (Å²) >= 11 is 8.28. The number of hydrogen-bond donors (Lipinski definition) is 1. The van der Waals surface area contributed by atoms with Crippen molar-refractivity contribution in [3.8, 4) is 11.3 Å². The molecular weight excluding hydrogens is 407 g/mol. The molecule has 1 aromatic heterocycles. The normalized spacial score (nSPS) is 27.9. The molecule has 2 aliphatic heterocycles. The molecule has 2 aromatic rings. The number of halogens is 2. The SMILES string of the molecule is Fc1ccc(Cl)c(-c2ccc(N[C@H]3C[C@@H]4CN(C5CCSCC5)C[C@@H]4C3)nn2)c1. The fraction of sp³-hybridized carbons (Fsp3) is 0.545. The number of likely N-dealkylation sites (tertiary alicyclic amines) is 1. The van der Waals surface area contributed by atoms with Gasteiger partial charge in [0.1, 0.15) is 11.6 Å². The first-order chi connectivity index (χ1) is 14.2. The fourth-order valence-corrected chi connectivity index (χ4v) is 6.55. The third-order valence-electron chi connectivity index (χ3n) is 6.71. The Bertz CT molecular complexity index is 844. The standard InChI is InChI=1S/C22H26ClFN4S/c23-20-2-1-16(24)11-19(20)21-3-4-22(27-26-21)25-17-9-14-12-28(13-15(14)10-17)18-5-7-29-8-6-18/h1-4,11,14-15,17-18H,5-10,12-13H2,(H,25,27)/t14-,15+,17+. The van der Waals surface area contributed by atoms with Gasteiger partial charge in [-0.3, -0.25) is 4.90 Å². The Morgan fingerprint density at radius 1 is 1.03 bits per heavy atom. The van der Waals surface area contributed by atoms with Crippen molar-refractivity contribution in [2.45, 2.75) is 37.8 Å². The van der Waals surface area contributed by atoms with E-state index in [1.165, 1.54) is 62.4 Å². The number of nitrogens with zero attached hydrogens (tertiary/aromatic N) is 3. The summed E-state index contributed by atoms with van der Waals surface area (Å²) in [4.78, 5) is 2.77. The maximum Gasteiger partial charge on any atom is 0.148 e. The van der Waals surface area contributed by atoms with E-state index >= 15 is 0 Å². The lowest BCUT2D eigenvalue weighted by molar-refractivity contribution is 0.211. The van der Waals surface area contributed by atoms with Crippen molar-refractivity contribution in [3.05, 3.63) is 41.2 Å². The third-order valence-corrected chi connectivity index (χ3v) is 8.09. The molecule has 0 radical (unpaired) electrons. The molecule has 154 valence electrons. The molecule has 3 atom stereocenters. The quantitative estimate of drug-likeness (QED) is 0.739. The van der Waals surface area contributed by atoms with Gasteiger partial charge in [0, 0.05) is 30.7 Å². The number of nitrogens with one attached hydrogen (secondary N) is 1. The smallest absolute Gasteiger partial charge is 0.148 e. The van der Waals surface area contributed by atoms with Crippen LogP contribution in [0.1, 0.15) is 25.7 Å². The second kappa shape index (κ2) is 8.40. The lowest BCUT2D eigenvalue weighted by Gasteiger charge is -2.31. The topological polar surface area (TPSA) is 41.0 Å². The molecule has 0 unspecified atom stereocenters. The molecule has 0 amide bonds. The van der Waals surface area contributed by atoms with Crippen molar-refractivity contribution in [1.82, 2.24) is 15.1 Å². The van der Waals surface area contributed by atoms with Gasteiger partial charge in [0.05, 0.1) is 10.7 Å². The van der Waals surface area contributed by atoms with Crippen LogP contribution in [-0.4, -0.2) is 51.8 Å². The Kier molecular flexibility index (Phi) is 5.67. The summed E-state index contributed by atoms with van der Waals surface area (Å²) in [5.41, 5.74) is 1.16. The lowest BCUT2D eigenvalue weighted by atomic mass is 10.0. The lowest BCUT2D eigenvalue weighted by Crippen LogP contribution is -2.37. The number of anilines is 1. The molecule has 0 spiro atoms. The van der Waals surface area contributed by atoms with E-state index in [2.05, 4.69) is 32.2 Å². The van der Waals surface area contributed by atoms with E-state index in [0.717, 1.165) is 23.7 Å². The average molecular weight is 433 g/mol. The summed E-state index contributed by atoms with van der Waals surface area (Å²) in [5, 5.41) is 12.6. The van der Waals surface area contributed by atoms with Crippen LogP contribution in [0.3, 0.4) is 0 Å². The minimum absolute atomic E-state index is 0.327. The van der Waals surface area contributed by atoms with Crippen LogP contribution >= 0.6 is 23.4 Å². The third kappa shape index (κ3) is 4.25. The van der Waals surface area contributed by atoms with Gasteiger partial charge in [0.25, 0.3) is 0 Å². The second-order valence-electron chi connectivity index (χ2n) is 8.56. The highest BCUT2D eigenvalue weighted by molar-refractivity contribution is 7.99. The Balaban J connectivity index is 1.18. The van der Waals surface area contributed by atoms with Crippen LogP contribution in [0.25, 0.3) is 11.3 Å². The van der Waals surface area contributed by atoms with E-state index in [9.17, 15) is 4.39 Å². The Morgan fingerprint density at radius 2 is 1.79 bits per heavy atom. The van der Waals surface area contributed by atoms with Crippen LogP contribution in [-0.2, 0) is 0 Å². The van der Waals surface area contributed by atoms with Gasteiger partial charge >= 0.3 is 0 Å². The molecule has 3 heterocycles. The molecule has 3 fully saturated rings. The summed E-state index contributed by atoms with van der Waals surface area (Å²) in [6, 6.07) is 9.35. The zero-order valence-corrected chi connectivity index (χ0v) is 17.9. The second-order valence-corrected chi connectivity index (χ2v) is 10.2. The van der Waals surface area contributed by atoms with Crippen molar-refractivity contribution >= 4 is 29.2 Å². The summed E-state index contributed by atoms with van der Waals surface area (Å²) in [6.07, 6.45) is 5.15. The highest BCUT2D eigenvalue weighted by atomic mass is 35.5. The largest absolute Gasteiger partial charge is 0.366 e. The van der Waals surface area contributed by atoms with Gasteiger partial charge < -0.3 is 5.32 Å². The van der Waals surface area contributed by atoms with Gasteiger partial charge in [-0.05, 0) is 79.4 Å². The molecule has 1 saturated carbocycles. The molecule has 1 N–H and O–H groups in total. The van der Waals surface area contributed by atoms with Gasteiger partial charge in [0.2, 0.25) is 0 Å². The number of hydrogen-bond acceptors (Lipinski definition) is 5. The molecule has 0 bridgehead atoms. The van der Waals surface area contributed by atoms with E-state index in [4.69, 9.17) is 11.6 Å². The predicted octanol–water partition coefficient (Wildman–Crippen LogP) is 4.95. The predicted molar refractivity (Wildman–Crippen MR) is 118 cm³/mol. The zero-order chi connectivity index (χ0) is 19.8. The van der Waals surface area contributed by atoms with E-state index in [-0.39, 0.29) is 5.82 Å². The minimum Gasteiger partial charge on any atom is -0.366 e. The average Bonchev–Trinajstić information content (AvgIpc) is 3.30. The molecule has 1 aromatic carbocycles. The molecule has 3 aliphatic rings. The van der Waals surface area contributed by atoms with Crippen molar-refractivity contribution in [1.29, 1.82) is 0 Å². The Morgan fingerprint density at radius 3 is 2.48 bits per heavy atom. The minimum atomic E-state index is -0.327. The molecule has 4 nitrogen and oxygen atoms in total. The highest BCUT2D eigenvalue weighted by Crippen LogP contribution is 2.41. The molecule has 5 rings (SSSR count). The van der Waals surface area contributed by atoms with Gasteiger partial charge in [-0.15, -0.1) is 10.2 Å². The molecule has 29 heavy (non-hydrogen) atoms. The van der Waals surface area contributed by atoms with Crippen LogP contribution in [0.5, 0.6) is 0 Å². The maximum atomic E-state index is 13.5. The fourth-order valence-electron chi connectivity index (χ4n) is 5.26. The first kappa shape index (κ1) is 19.6. The van der Waals surface area contributed by atoms with E-state index in [0.29, 0.717) is 22.3 Å². The first-order valence-corrected chi connectivity index (χ1v) is 12.1. The van der Waals surface area contributed by atoms with Crippen LogP contribution in [0.15, 0.2) is 30.3 Å². The van der Waals surface area contributed by atoms with Gasteiger partial charge in [-0.1, -0.05) is 11.6 Å². The summed E-state index contributed by atoms with van der Waals surface area (Å²) in [6.45, 7) is 2.53. The van der Waals surface area contributed by atoms with E-state index in [1.54, 1.807) is 6.07 Å². The number of thioether (sulfide) groups is 1. The van der Waals surface area contributed by atoms with E-state index in [1.807, 2.05) is 12.1 Å². The van der Waals surface area contributed by atoms with Crippen LogP contribution in [0.4, 0.5) is 10.2 Å². The van der Waals surface area contributed by atoms with Gasteiger partial charge in [0.15, 0.2) is 0 Å². The number of rotatable bonds is 4. The first-order valence-electron chi connectivity index (χ1n) is 10.5. The van der Waals surface area contributed by atoms with Crippen molar-refractivity contribution < 1.29 is 4.39 Å². The maximum absolute atomic E-state index is 13.5. The zero-order valence-electron chi connectivity index (χ0n) is 16.4. The summed E-state index contributed by atoms with van der Waals surface area (Å²) in [7, 11) is 0. The molecular formula is C22H26ClFN4S. The Hall–Kier alpha value is -1.37. The number of aromatic nitrogens is 2. The van der Waals surface area contributed by atoms with E-state index < -0.39 is 0 Å². The summed E-state index contributed by atoms with van der Waals surface area (Å²) < 4.78 is 13.5. The van der Waals surface area contributed by atoms with Crippen molar-refractivity contribution in [2.75, 3.05) is 29.9 Å². The van der Waals surface area contributed by atoms with Crippen molar-refractivity contribution in [2.24, 2.45) is 11.8 Å². The highest BCUT2D eigenvalue weighted by Gasteiger charge is 2.42. The molecule has 7 heteroatoms. The van der Waals surface area contributed by atoms with Crippen LogP contribution in [0.2, 0.25) is 5.02 Å². The molecule has 2 saturated heterocycles. The van der Waals surface area contributed by atoms with Gasteiger partial charge in [-0.25, -0.2) is 4.39 Å². The van der Waals surface area contributed by atoms with Crippen LogP contribution in [0, 0.1) is 17.7 Å². The van der Waals surface area contributed by atoms with Gasteiger partial charge in [-0.2, -0.15) is 11.8 Å². The van der Waals surface area contributed by atoms with Crippen LogP contribution < -0.4 is 5.32 Å². The van der Waals surface area contributed by atoms with Crippen molar-refractivity contribution in [3.63, 3.8) is 0 Å². The summed E-state index contributed by atoms with van der Waals surface area (Å²) in [5.74, 6) is 4.73. The number of benzene rings is 1.